The van der Waals surface area contributed by atoms with E-state index in [2.05, 4.69) is 117 Å². The van der Waals surface area contributed by atoms with Crippen LogP contribution in [-0.2, 0) is 0 Å². The van der Waals surface area contributed by atoms with Gasteiger partial charge in [-0.3, -0.25) is 14.5 Å². The van der Waals surface area contributed by atoms with Gasteiger partial charge in [0.15, 0.2) is 0 Å². The molecule has 4 amide bonds. The zero-order valence-electron chi connectivity index (χ0n) is 29.1. The zero-order chi connectivity index (χ0) is 34.9. The second-order valence-electron chi connectivity index (χ2n) is 12.7. The van der Waals surface area contributed by atoms with Crippen LogP contribution in [0.4, 0.5) is 0 Å². The summed E-state index contributed by atoms with van der Waals surface area (Å²) in [6.45, 7) is 14.0. The van der Waals surface area contributed by atoms with E-state index < -0.39 is 11.8 Å². The molecule has 2 heterocycles. The van der Waals surface area contributed by atoms with Gasteiger partial charge in [-0.05, 0) is 54.0 Å². The third-order valence-corrected chi connectivity index (χ3v) is 9.91. The van der Waals surface area contributed by atoms with Gasteiger partial charge in [-0.1, -0.05) is 123 Å². The number of benzene rings is 2. The number of alkyl halides is 2. The molecule has 47 heavy (non-hydrogen) atoms. The van der Waals surface area contributed by atoms with Gasteiger partial charge in [0.2, 0.25) is 0 Å². The zero-order valence-corrected chi connectivity index (χ0v) is 38.7. The summed E-state index contributed by atoms with van der Waals surface area (Å²) in [4.78, 5) is 47.4. The van der Waals surface area contributed by atoms with E-state index in [1.807, 2.05) is 0 Å². The van der Waals surface area contributed by atoms with Crippen molar-refractivity contribution in [3.63, 3.8) is 0 Å². The van der Waals surface area contributed by atoms with Crippen LogP contribution in [0.25, 0.3) is 5.32 Å². The monoisotopic (exact) mass is 927 g/mol. The average molecular weight is 929 g/mol. The van der Waals surface area contributed by atoms with E-state index in [1.54, 1.807) is 48.5 Å². The Balaban J connectivity index is 0.000000648. The Labute approximate surface area is 359 Å². The third-order valence-electron chi connectivity index (χ3n) is 8.11. The molecule has 6 nitrogen and oxygen atoms in total. The second kappa shape index (κ2) is 24.7. The number of hydrogen-bond acceptors (Lipinski definition) is 4. The molecule has 2 aliphatic rings. The Hall–Kier alpha value is 0.541. The standard InChI is InChI=1S/C16H21NO2.C8H17Br.C8H5NO2.C3H7BBrIP.K/c1-4-16(2,3)10-7-11-17-14(18)12-8-5-6-9-13(12)15(17)19;1-4-8(2,3)6-5-7-9;10-7-5-3-1-2-4-6(5)8(11)9-7;5-3-1-2-4(6)7;/h5-6,8-9H,4,7,10-11H2,1-3H3;4-7H2,1-3H3;1-4H,(H,9,10,11);2H,1,3,7H2;/q;;;-1;+1/p-1. The van der Waals surface area contributed by atoms with Crippen molar-refractivity contribution in [2.24, 2.45) is 10.8 Å². The van der Waals surface area contributed by atoms with Crippen LogP contribution >= 0.6 is 63.4 Å². The molecule has 0 spiro atoms. The molecule has 2 aromatic carbocycles. The van der Waals surface area contributed by atoms with Crippen LogP contribution in [0.3, 0.4) is 0 Å². The first-order chi connectivity index (χ1) is 21.6. The molecule has 4 rings (SSSR count). The fourth-order valence-corrected chi connectivity index (χ4v) is 5.44. The van der Waals surface area contributed by atoms with Crippen molar-refractivity contribution in [1.82, 2.24) is 4.90 Å². The maximum absolute atomic E-state index is 12.1. The van der Waals surface area contributed by atoms with Crippen LogP contribution < -0.4 is 51.4 Å². The Morgan fingerprint density at radius 3 is 1.51 bits per heavy atom. The molecule has 0 N–H and O–H groups in total. The molecule has 0 radical (unpaired) electrons. The fourth-order valence-electron chi connectivity index (χ4n) is 4.35. The average Bonchev–Trinajstić information content (AvgIpc) is 3.47. The number of nitrogens with zero attached hydrogens (tertiary/aromatic N) is 2. The van der Waals surface area contributed by atoms with Crippen molar-refractivity contribution >= 4 is 91.3 Å². The Bertz CT molecular complexity index is 1230. The van der Waals surface area contributed by atoms with Crippen LogP contribution in [0.15, 0.2) is 48.5 Å². The molecule has 0 saturated heterocycles. The molecule has 254 valence electrons. The Kier molecular flexibility index (Phi) is 25.0. The second-order valence-corrected chi connectivity index (χ2v) is 17.8. The summed E-state index contributed by atoms with van der Waals surface area (Å²) in [5.74, 6) is -1.14. The molecule has 1 unspecified atom stereocenters. The normalized spacial score (nSPS) is 13.1. The summed E-state index contributed by atoms with van der Waals surface area (Å²) in [5.41, 5.74) is 2.76. The molecule has 12 heteroatoms. The predicted molar refractivity (Wildman–Crippen MR) is 213 cm³/mol. The van der Waals surface area contributed by atoms with Gasteiger partial charge in [0.25, 0.3) is 11.8 Å². The number of fused-ring (bicyclic) bond motifs is 2. The summed E-state index contributed by atoms with van der Waals surface area (Å²) in [6, 6.07) is 13.7. The van der Waals surface area contributed by atoms with Gasteiger partial charge in [-0.2, -0.15) is 37.9 Å². The van der Waals surface area contributed by atoms with Crippen LogP contribution in [-0.4, -0.2) is 50.0 Å². The van der Waals surface area contributed by atoms with Crippen LogP contribution in [0.1, 0.15) is 128 Å². The summed E-state index contributed by atoms with van der Waals surface area (Å²) < 4.78 is 0.634. The van der Waals surface area contributed by atoms with Crippen molar-refractivity contribution in [2.45, 2.75) is 86.5 Å². The fraction of sp³-hybridized carbons (Fsp3) is 0.514. The Morgan fingerprint density at radius 2 is 1.17 bits per heavy atom. The minimum atomic E-state index is -0.425. The molecule has 2 aromatic rings. The van der Waals surface area contributed by atoms with Gasteiger partial charge in [0.05, 0.1) is 27.2 Å². The van der Waals surface area contributed by atoms with E-state index in [4.69, 9.17) is 0 Å². The summed E-state index contributed by atoms with van der Waals surface area (Å²) >= 11 is 9.12. The number of carbonyl (C=O) groups is 4. The Morgan fingerprint density at radius 1 is 0.766 bits per heavy atom. The minimum Gasteiger partial charge on any atom is -0.587 e. The molecule has 2 aliphatic heterocycles. The smallest absolute Gasteiger partial charge is 0.587 e. The topological polar surface area (TPSA) is 85.6 Å². The first-order valence-corrected chi connectivity index (χ1v) is 20.0. The number of imide groups is 2. The molecule has 0 fully saturated rings. The third kappa shape index (κ3) is 17.5. The number of carbonyl (C=O) groups excluding carboxylic acids is 4. The van der Waals surface area contributed by atoms with E-state index in [1.165, 1.54) is 24.2 Å². The van der Waals surface area contributed by atoms with Gasteiger partial charge >= 0.3 is 51.4 Å². The molecule has 0 aliphatic carbocycles. The number of halogens is 3. The van der Waals surface area contributed by atoms with Gasteiger partial charge in [-0.25, -0.2) is 0 Å². The van der Waals surface area contributed by atoms with Crippen molar-refractivity contribution in [1.29, 1.82) is 0 Å². The molecule has 0 saturated carbocycles. The first kappa shape index (κ1) is 47.5. The maximum Gasteiger partial charge on any atom is 1.00 e. The van der Waals surface area contributed by atoms with Crippen LogP contribution in [0.5, 0.6) is 0 Å². The molecule has 0 bridgehead atoms. The summed E-state index contributed by atoms with van der Waals surface area (Å²) in [7, 11) is 2.72. The van der Waals surface area contributed by atoms with Gasteiger partial charge < -0.3 is 21.2 Å². The van der Waals surface area contributed by atoms with E-state index in [9.17, 15) is 19.2 Å². The molecular formula is C35H49BBr2IKN2O4P-. The van der Waals surface area contributed by atoms with Crippen molar-refractivity contribution in [2.75, 3.05) is 17.2 Å². The van der Waals surface area contributed by atoms with Crippen molar-refractivity contribution < 1.29 is 70.6 Å². The van der Waals surface area contributed by atoms with Crippen molar-refractivity contribution in [3.8, 4) is 0 Å². The quantitative estimate of drug-likeness (QED) is 0.0545. The SMILES string of the molecule is CCC(C)(C)CCCBr.CCC(C)(C)CCCN1C(=O)c2ccccc2C1=O.O=C1[N-]C(=O)c2ccccc21.PB(I)[CH-]CCBr.[K+]. The van der Waals surface area contributed by atoms with Crippen LogP contribution in [0, 0.1) is 17.2 Å². The van der Waals surface area contributed by atoms with Gasteiger partial charge in [-0.15, -0.1) is 0 Å². The van der Waals surface area contributed by atoms with Gasteiger partial charge in [0, 0.05) is 23.0 Å². The summed E-state index contributed by atoms with van der Waals surface area (Å²) in [5, 5.41) is 5.51. The van der Waals surface area contributed by atoms with E-state index >= 15 is 0 Å². The predicted octanol–water partition coefficient (Wildman–Crippen LogP) is 7.77. The van der Waals surface area contributed by atoms with Crippen LogP contribution in [0.2, 0.25) is 0 Å². The number of rotatable bonds is 12. The molecular weight excluding hydrogens is 880 g/mol. The van der Waals surface area contributed by atoms with E-state index in [-0.39, 0.29) is 68.6 Å². The first-order valence-electron chi connectivity index (χ1n) is 15.8. The van der Waals surface area contributed by atoms with Crippen molar-refractivity contribution in [3.05, 3.63) is 82.4 Å². The minimum absolute atomic E-state index is 0. The number of hydrogen-bond donors (Lipinski definition) is 0. The van der Waals surface area contributed by atoms with Gasteiger partial charge in [0.1, 0.15) is 0 Å². The number of amides is 4. The molecule has 0 aromatic heterocycles. The largest absolute Gasteiger partial charge is 1.00 e. The maximum atomic E-state index is 12.1. The molecule has 1 atom stereocenters. The van der Waals surface area contributed by atoms with E-state index in [0.717, 1.165) is 36.3 Å². The summed E-state index contributed by atoms with van der Waals surface area (Å²) in [6.07, 6.45) is 10.4. The van der Waals surface area contributed by atoms with E-state index in [0.29, 0.717) is 38.5 Å².